The van der Waals surface area contributed by atoms with Gasteiger partial charge in [-0.2, -0.15) is 0 Å². The van der Waals surface area contributed by atoms with Crippen molar-refractivity contribution in [3.63, 3.8) is 0 Å². The van der Waals surface area contributed by atoms with E-state index < -0.39 is 10.0 Å². The van der Waals surface area contributed by atoms with Crippen LogP contribution in [0.2, 0.25) is 0 Å². The number of hydrogen-bond acceptors (Lipinski definition) is 5. The monoisotopic (exact) mass is 306 g/mol. The third-order valence-electron chi connectivity index (χ3n) is 3.17. The Labute approximate surface area is 124 Å². The smallest absolute Gasteiger partial charge is 0.263 e. The fourth-order valence-corrected chi connectivity index (χ4v) is 3.10. The van der Waals surface area contributed by atoms with Crippen LogP contribution >= 0.6 is 0 Å². The number of rotatable bonds is 5. The van der Waals surface area contributed by atoms with Gasteiger partial charge >= 0.3 is 0 Å². The molecular formula is C14H18N4O2S. The molecule has 4 N–H and O–H groups in total. The molecule has 112 valence electrons. The highest BCUT2D eigenvalue weighted by atomic mass is 32.2. The predicted molar refractivity (Wildman–Crippen MR) is 83.4 cm³/mol. The van der Waals surface area contributed by atoms with Crippen molar-refractivity contribution in [2.45, 2.75) is 25.2 Å². The number of para-hydroxylation sites is 1. The van der Waals surface area contributed by atoms with Gasteiger partial charge in [-0.1, -0.05) is 25.1 Å². The SMILES string of the molecule is CCc1cccc(C)c1NS(=O)(=O)c1ccc(NN)nc1. The Morgan fingerprint density at radius 2 is 2.00 bits per heavy atom. The first kappa shape index (κ1) is 15.3. The molecule has 0 spiro atoms. The molecule has 0 saturated heterocycles. The average Bonchev–Trinajstić information content (AvgIpc) is 2.49. The zero-order valence-electron chi connectivity index (χ0n) is 11.9. The van der Waals surface area contributed by atoms with Gasteiger partial charge in [-0.15, -0.1) is 0 Å². The van der Waals surface area contributed by atoms with Gasteiger partial charge in [0.25, 0.3) is 10.0 Å². The number of anilines is 2. The van der Waals surface area contributed by atoms with E-state index in [0.717, 1.165) is 17.5 Å². The molecule has 0 atom stereocenters. The largest absolute Gasteiger partial charge is 0.308 e. The number of hydrogen-bond donors (Lipinski definition) is 3. The fraction of sp³-hybridized carbons (Fsp3) is 0.214. The van der Waals surface area contributed by atoms with E-state index in [9.17, 15) is 8.42 Å². The Bertz CT molecular complexity index is 727. The number of nitrogens with two attached hydrogens (primary N) is 1. The Kier molecular flexibility index (Phi) is 4.44. The highest BCUT2D eigenvalue weighted by Crippen LogP contribution is 2.24. The Hall–Kier alpha value is -2.12. The first-order chi connectivity index (χ1) is 9.97. The summed E-state index contributed by atoms with van der Waals surface area (Å²) in [6.07, 6.45) is 2.01. The van der Waals surface area contributed by atoms with Crippen molar-refractivity contribution < 1.29 is 8.42 Å². The van der Waals surface area contributed by atoms with E-state index in [2.05, 4.69) is 15.1 Å². The van der Waals surface area contributed by atoms with Crippen LogP contribution in [0, 0.1) is 6.92 Å². The van der Waals surface area contributed by atoms with Gasteiger partial charge < -0.3 is 5.43 Å². The van der Waals surface area contributed by atoms with Crippen LogP contribution in [0.25, 0.3) is 0 Å². The summed E-state index contributed by atoms with van der Waals surface area (Å²) < 4.78 is 27.5. The molecule has 0 aliphatic carbocycles. The summed E-state index contributed by atoms with van der Waals surface area (Å²) in [4.78, 5) is 4.00. The number of nitrogens with zero attached hydrogens (tertiary/aromatic N) is 1. The summed E-state index contributed by atoms with van der Waals surface area (Å²) in [7, 11) is -3.67. The lowest BCUT2D eigenvalue weighted by atomic mass is 10.1. The Balaban J connectivity index is 2.37. The van der Waals surface area contributed by atoms with Crippen molar-refractivity contribution in [3.8, 4) is 0 Å². The molecule has 2 aromatic rings. The molecule has 0 bridgehead atoms. The molecule has 21 heavy (non-hydrogen) atoms. The predicted octanol–water partition coefficient (Wildman–Crippen LogP) is 2.04. The summed E-state index contributed by atoms with van der Waals surface area (Å²) in [6, 6.07) is 8.65. The number of aromatic nitrogens is 1. The van der Waals surface area contributed by atoms with Gasteiger partial charge in [0.1, 0.15) is 10.7 Å². The molecule has 0 unspecified atom stereocenters. The van der Waals surface area contributed by atoms with Gasteiger partial charge in [0.05, 0.1) is 5.69 Å². The lowest BCUT2D eigenvalue weighted by molar-refractivity contribution is 0.600. The van der Waals surface area contributed by atoms with Gasteiger partial charge in [0, 0.05) is 6.20 Å². The molecule has 0 radical (unpaired) electrons. The second kappa shape index (κ2) is 6.11. The van der Waals surface area contributed by atoms with E-state index in [1.165, 1.54) is 18.3 Å². The lowest BCUT2D eigenvalue weighted by Crippen LogP contribution is -2.16. The maximum atomic E-state index is 12.4. The fourth-order valence-electron chi connectivity index (χ4n) is 1.99. The summed E-state index contributed by atoms with van der Waals surface area (Å²) in [6.45, 7) is 3.85. The van der Waals surface area contributed by atoms with Crippen LogP contribution in [0.1, 0.15) is 18.1 Å². The topological polar surface area (TPSA) is 97.1 Å². The molecule has 0 fully saturated rings. The van der Waals surface area contributed by atoms with Crippen LogP contribution in [-0.2, 0) is 16.4 Å². The third kappa shape index (κ3) is 3.32. The average molecular weight is 306 g/mol. The molecule has 1 aromatic carbocycles. The molecule has 0 saturated carbocycles. The summed E-state index contributed by atoms with van der Waals surface area (Å²) in [5, 5.41) is 0. The van der Waals surface area contributed by atoms with Gasteiger partial charge in [-0.3, -0.25) is 4.72 Å². The normalized spacial score (nSPS) is 11.2. The zero-order valence-corrected chi connectivity index (χ0v) is 12.7. The van der Waals surface area contributed by atoms with Crippen LogP contribution in [0.15, 0.2) is 41.4 Å². The highest BCUT2D eigenvalue weighted by molar-refractivity contribution is 7.92. The van der Waals surface area contributed by atoms with Crippen molar-refractivity contribution in [3.05, 3.63) is 47.7 Å². The Morgan fingerprint density at radius 1 is 1.24 bits per heavy atom. The Morgan fingerprint density at radius 3 is 2.57 bits per heavy atom. The number of nitrogen functional groups attached to an aromatic ring is 1. The number of pyridine rings is 1. The number of aryl methyl sites for hydroxylation is 2. The second-order valence-electron chi connectivity index (χ2n) is 4.59. The number of nitrogens with one attached hydrogen (secondary N) is 2. The molecule has 6 nitrogen and oxygen atoms in total. The van der Waals surface area contributed by atoms with E-state index in [1.54, 1.807) is 0 Å². The quantitative estimate of drug-likeness (QED) is 0.580. The van der Waals surface area contributed by atoms with Crippen LogP contribution in [0.5, 0.6) is 0 Å². The summed E-state index contributed by atoms with van der Waals surface area (Å²) in [5.74, 6) is 5.61. The van der Waals surface area contributed by atoms with Gasteiger partial charge in [0.2, 0.25) is 0 Å². The minimum absolute atomic E-state index is 0.0896. The van der Waals surface area contributed by atoms with E-state index in [0.29, 0.717) is 11.5 Å². The van der Waals surface area contributed by atoms with Crippen LogP contribution in [-0.4, -0.2) is 13.4 Å². The number of sulfonamides is 1. The van der Waals surface area contributed by atoms with Gasteiger partial charge in [0.15, 0.2) is 0 Å². The maximum Gasteiger partial charge on any atom is 0.263 e. The van der Waals surface area contributed by atoms with Gasteiger partial charge in [-0.25, -0.2) is 19.2 Å². The van der Waals surface area contributed by atoms with Crippen LogP contribution < -0.4 is 16.0 Å². The minimum Gasteiger partial charge on any atom is -0.308 e. The number of benzene rings is 1. The van der Waals surface area contributed by atoms with Crippen LogP contribution in [0.3, 0.4) is 0 Å². The minimum atomic E-state index is -3.67. The first-order valence-corrected chi connectivity index (χ1v) is 8.00. The maximum absolute atomic E-state index is 12.4. The summed E-state index contributed by atoms with van der Waals surface area (Å²) >= 11 is 0. The molecule has 1 heterocycles. The third-order valence-corrected chi connectivity index (χ3v) is 4.51. The van der Waals surface area contributed by atoms with Crippen molar-refractivity contribution in [1.82, 2.24) is 4.98 Å². The van der Waals surface area contributed by atoms with Crippen molar-refractivity contribution in [2.24, 2.45) is 5.84 Å². The van der Waals surface area contributed by atoms with E-state index in [1.807, 2.05) is 32.0 Å². The number of hydrazine groups is 1. The molecule has 7 heteroatoms. The molecule has 0 amide bonds. The first-order valence-electron chi connectivity index (χ1n) is 6.52. The lowest BCUT2D eigenvalue weighted by Gasteiger charge is -2.14. The van der Waals surface area contributed by atoms with E-state index in [4.69, 9.17) is 5.84 Å². The van der Waals surface area contributed by atoms with Crippen molar-refractivity contribution in [2.75, 3.05) is 10.1 Å². The van der Waals surface area contributed by atoms with Crippen molar-refractivity contribution >= 4 is 21.5 Å². The van der Waals surface area contributed by atoms with Crippen molar-refractivity contribution in [1.29, 1.82) is 0 Å². The van der Waals surface area contributed by atoms with Crippen LogP contribution in [0.4, 0.5) is 11.5 Å². The summed E-state index contributed by atoms with van der Waals surface area (Å²) in [5.41, 5.74) is 4.81. The van der Waals surface area contributed by atoms with E-state index in [-0.39, 0.29) is 4.90 Å². The zero-order chi connectivity index (χ0) is 15.5. The molecule has 2 rings (SSSR count). The highest BCUT2D eigenvalue weighted by Gasteiger charge is 2.17. The standard InChI is InChI=1S/C14H18N4O2S/c1-3-11-6-4-5-10(2)14(11)18-21(19,20)12-7-8-13(17-15)16-9-12/h4-9,18H,3,15H2,1-2H3,(H,16,17). The van der Waals surface area contributed by atoms with E-state index >= 15 is 0 Å². The molecule has 0 aliphatic rings. The molecule has 0 aliphatic heterocycles. The second-order valence-corrected chi connectivity index (χ2v) is 6.27. The molecular weight excluding hydrogens is 288 g/mol. The molecule has 1 aromatic heterocycles. The van der Waals surface area contributed by atoms with Gasteiger partial charge in [-0.05, 0) is 36.6 Å².